The summed E-state index contributed by atoms with van der Waals surface area (Å²) in [5, 5.41) is 3.33. The lowest BCUT2D eigenvalue weighted by Gasteiger charge is -2.30. The maximum atomic E-state index is 13.8. The third-order valence-corrected chi connectivity index (χ3v) is 4.26. The number of benzene rings is 1. The number of rotatable bonds is 4. The van der Waals surface area contributed by atoms with Crippen molar-refractivity contribution in [3.63, 3.8) is 0 Å². The van der Waals surface area contributed by atoms with E-state index in [4.69, 9.17) is 0 Å². The molecule has 0 aromatic heterocycles. The molecule has 1 aromatic rings. The zero-order valence-corrected chi connectivity index (χ0v) is 11.9. The van der Waals surface area contributed by atoms with Crippen LogP contribution in [0.5, 0.6) is 0 Å². The second kappa shape index (κ2) is 6.10. The third-order valence-electron chi connectivity index (χ3n) is 4.26. The van der Waals surface area contributed by atoms with Crippen molar-refractivity contribution in [2.45, 2.75) is 31.7 Å². The first-order valence-electron chi connectivity index (χ1n) is 7.62. The van der Waals surface area contributed by atoms with Gasteiger partial charge in [0.2, 0.25) is 0 Å². The molecule has 21 heavy (non-hydrogen) atoms. The highest BCUT2D eigenvalue weighted by molar-refractivity contribution is 5.95. The minimum Gasteiger partial charge on any atom is -0.335 e. The summed E-state index contributed by atoms with van der Waals surface area (Å²) in [5.41, 5.74) is -0.148. The Bertz CT molecular complexity index is 525. The molecule has 1 aliphatic heterocycles. The predicted molar refractivity (Wildman–Crippen MR) is 76.0 cm³/mol. The predicted octanol–water partition coefficient (Wildman–Crippen LogP) is 2.57. The summed E-state index contributed by atoms with van der Waals surface area (Å²) in [6.45, 7) is 2.54. The number of nitrogens with zero attached hydrogens (tertiary/aromatic N) is 1. The molecule has 0 spiro atoms. The van der Waals surface area contributed by atoms with Crippen molar-refractivity contribution < 1.29 is 13.6 Å². The maximum Gasteiger partial charge on any atom is 0.257 e. The Labute approximate surface area is 123 Å². The van der Waals surface area contributed by atoms with Gasteiger partial charge in [-0.05, 0) is 62.9 Å². The molecule has 1 aliphatic carbocycles. The Morgan fingerprint density at radius 3 is 2.76 bits per heavy atom. The van der Waals surface area contributed by atoms with Gasteiger partial charge in [-0.25, -0.2) is 8.78 Å². The highest BCUT2D eigenvalue weighted by atomic mass is 19.1. The Kier molecular flexibility index (Phi) is 4.19. The average Bonchev–Trinajstić information content (AvgIpc) is 3.32. The Morgan fingerprint density at radius 2 is 2.10 bits per heavy atom. The minimum atomic E-state index is -0.645. The molecule has 3 nitrogen and oxygen atoms in total. The molecule has 1 N–H and O–H groups in total. The number of hydrogen-bond acceptors (Lipinski definition) is 2. The number of hydrogen-bond donors (Lipinski definition) is 1. The van der Waals surface area contributed by atoms with Gasteiger partial charge < -0.3 is 10.2 Å². The monoisotopic (exact) mass is 294 g/mol. The number of halogens is 2. The van der Waals surface area contributed by atoms with Gasteiger partial charge >= 0.3 is 0 Å². The van der Waals surface area contributed by atoms with Crippen LogP contribution in [0.2, 0.25) is 0 Å². The highest BCUT2D eigenvalue weighted by Crippen LogP contribution is 2.30. The summed E-state index contributed by atoms with van der Waals surface area (Å²) < 4.78 is 27.1. The summed E-state index contributed by atoms with van der Waals surface area (Å²) in [7, 11) is 0. The summed E-state index contributed by atoms with van der Waals surface area (Å²) in [6, 6.07) is 3.27. The van der Waals surface area contributed by atoms with Crippen LogP contribution in [-0.4, -0.2) is 36.5 Å². The Balaban J connectivity index is 1.76. The third kappa shape index (κ3) is 3.40. The van der Waals surface area contributed by atoms with Crippen LogP contribution in [-0.2, 0) is 0 Å². The van der Waals surface area contributed by atoms with E-state index in [9.17, 15) is 13.6 Å². The van der Waals surface area contributed by atoms with E-state index < -0.39 is 11.6 Å². The quantitative estimate of drug-likeness (QED) is 0.925. The molecule has 1 heterocycles. The smallest absolute Gasteiger partial charge is 0.257 e. The fraction of sp³-hybridized carbons (Fsp3) is 0.562. The van der Waals surface area contributed by atoms with Crippen molar-refractivity contribution in [3.05, 3.63) is 35.4 Å². The zero-order chi connectivity index (χ0) is 14.8. The second-order valence-corrected chi connectivity index (χ2v) is 6.03. The largest absolute Gasteiger partial charge is 0.335 e. The van der Waals surface area contributed by atoms with Crippen molar-refractivity contribution in [1.82, 2.24) is 10.2 Å². The topological polar surface area (TPSA) is 32.3 Å². The molecule has 2 aliphatic rings. The molecule has 0 radical (unpaired) electrons. The number of amides is 1. The maximum absolute atomic E-state index is 13.8. The zero-order valence-electron chi connectivity index (χ0n) is 11.9. The van der Waals surface area contributed by atoms with Gasteiger partial charge in [0.25, 0.3) is 5.91 Å². The van der Waals surface area contributed by atoms with Crippen LogP contribution in [0.25, 0.3) is 0 Å². The molecule has 1 aromatic carbocycles. The Hall–Kier alpha value is -1.49. The molecule has 1 saturated carbocycles. The van der Waals surface area contributed by atoms with E-state index in [-0.39, 0.29) is 17.5 Å². The number of carbonyl (C=O) groups is 1. The number of nitrogens with one attached hydrogen (secondary N) is 1. The van der Waals surface area contributed by atoms with Crippen molar-refractivity contribution in [2.24, 2.45) is 5.92 Å². The van der Waals surface area contributed by atoms with E-state index in [1.165, 1.54) is 0 Å². The fourth-order valence-corrected chi connectivity index (χ4v) is 2.96. The van der Waals surface area contributed by atoms with Gasteiger partial charge in [-0.15, -0.1) is 0 Å². The van der Waals surface area contributed by atoms with Crippen LogP contribution in [0.15, 0.2) is 18.2 Å². The van der Waals surface area contributed by atoms with E-state index in [0.29, 0.717) is 12.5 Å². The number of carbonyl (C=O) groups excluding carboxylic acids is 1. The van der Waals surface area contributed by atoms with E-state index in [0.717, 1.165) is 57.0 Å². The molecule has 2 fully saturated rings. The molecule has 3 rings (SSSR count). The molecular weight excluding hydrogens is 274 g/mol. The molecule has 114 valence electrons. The summed E-state index contributed by atoms with van der Waals surface area (Å²) in [4.78, 5) is 14.3. The summed E-state index contributed by atoms with van der Waals surface area (Å²) in [5.74, 6) is -1.19. The summed E-state index contributed by atoms with van der Waals surface area (Å²) >= 11 is 0. The molecule has 5 heteroatoms. The lowest BCUT2D eigenvalue weighted by Crippen LogP contribution is -2.42. The number of piperidine rings is 1. The van der Waals surface area contributed by atoms with Gasteiger partial charge in [0.05, 0.1) is 5.56 Å². The lowest BCUT2D eigenvalue weighted by atomic mass is 9.98. The van der Waals surface area contributed by atoms with E-state index in [1.807, 2.05) is 0 Å². The fourth-order valence-electron chi connectivity index (χ4n) is 2.96. The molecule has 1 amide bonds. The van der Waals surface area contributed by atoms with Crippen molar-refractivity contribution >= 4 is 5.91 Å². The van der Waals surface area contributed by atoms with E-state index >= 15 is 0 Å². The van der Waals surface area contributed by atoms with Crippen LogP contribution in [0.1, 0.15) is 36.0 Å². The first-order valence-corrected chi connectivity index (χ1v) is 7.62. The van der Waals surface area contributed by atoms with Crippen molar-refractivity contribution in [3.8, 4) is 0 Å². The summed E-state index contributed by atoms with van der Waals surface area (Å²) in [6.07, 6.45) is 4.10. The van der Waals surface area contributed by atoms with Gasteiger partial charge in [0.1, 0.15) is 11.6 Å². The SMILES string of the molecule is O=C(c1cc(F)ccc1F)N(CC1CCCNC1)C1CC1. The standard InChI is InChI=1S/C16H20F2N2O/c17-12-3-6-15(18)14(8-12)16(21)20(13-4-5-13)10-11-2-1-7-19-9-11/h3,6,8,11,13,19H,1-2,4-5,7,9-10H2. The average molecular weight is 294 g/mol. The van der Waals surface area contributed by atoms with Gasteiger partial charge in [0, 0.05) is 12.6 Å². The Morgan fingerprint density at radius 1 is 1.29 bits per heavy atom. The van der Waals surface area contributed by atoms with Gasteiger partial charge in [-0.2, -0.15) is 0 Å². The van der Waals surface area contributed by atoms with E-state index in [2.05, 4.69) is 5.32 Å². The normalized spacial score (nSPS) is 22.1. The first-order chi connectivity index (χ1) is 10.1. The minimum absolute atomic E-state index is 0.148. The lowest BCUT2D eigenvalue weighted by molar-refractivity contribution is 0.0699. The second-order valence-electron chi connectivity index (χ2n) is 6.03. The first kappa shape index (κ1) is 14.4. The van der Waals surface area contributed by atoms with Gasteiger partial charge in [-0.3, -0.25) is 4.79 Å². The van der Waals surface area contributed by atoms with Crippen LogP contribution in [0.3, 0.4) is 0 Å². The molecular formula is C16H20F2N2O. The molecule has 1 atom stereocenters. The van der Waals surface area contributed by atoms with Crippen LogP contribution < -0.4 is 5.32 Å². The highest BCUT2D eigenvalue weighted by Gasteiger charge is 2.35. The van der Waals surface area contributed by atoms with Crippen LogP contribution >= 0.6 is 0 Å². The van der Waals surface area contributed by atoms with Crippen LogP contribution in [0, 0.1) is 17.6 Å². The van der Waals surface area contributed by atoms with Crippen LogP contribution in [0.4, 0.5) is 8.78 Å². The van der Waals surface area contributed by atoms with Crippen molar-refractivity contribution in [2.75, 3.05) is 19.6 Å². The molecule has 1 saturated heterocycles. The van der Waals surface area contributed by atoms with E-state index in [1.54, 1.807) is 4.90 Å². The molecule has 0 bridgehead atoms. The van der Waals surface area contributed by atoms with Gasteiger partial charge in [-0.1, -0.05) is 0 Å². The molecule has 1 unspecified atom stereocenters. The van der Waals surface area contributed by atoms with Crippen molar-refractivity contribution in [1.29, 1.82) is 0 Å². The van der Waals surface area contributed by atoms with Gasteiger partial charge in [0.15, 0.2) is 0 Å².